The van der Waals surface area contributed by atoms with Gasteiger partial charge in [0.15, 0.2) is 0 Å². The molecule has 0 aromatic heterocycles. The molecular weight excluding hydrogens is 589 g/mol. The first kappa shape index (κ1) is 31.4. The zero-order valence-electron chi connectivity index (χ0n) is 27.2. The number of aryl methyl sites for hydroxylation is 1. The lowest BCUT2D eigenvalue weighted by Crippen LogP contribution is -2.38. The summed E-state index contributed by atoms with van der Waals surface area (Å²) in [5.74, 6) is 1.80. The summed E-state index contributed by atoms with van der Waals surface area (Å²) >= 11 is 0. The summed E-state index contributed by atoms with van der Waals surface area (Å²) in [6, 6.07) is 42.9. The molecule has 0 bridgehead atoms. The summed E-state index contributed by atoms with van der Waals surface area (Å²) in [5, 5.41) is 3.77. The largest absolute Gasteiger partial charge is 0.456 e. The normalized spacial score (nSPS) is 15.2. The molecule has 0 N–H and O–H groups in total. The molecule has 5 heteroatoms. The third-order valence-corrected chi connectivity index (χ3v) is 13.0. The average molecular weight is 632 g/mol. The minimum atomic E-state index is -1.27. The third kappa shape index (κ3) is 5.81. The number of benzene rings is 5. The first-order chi connectivity index (χ1) is 21.5. The van der Waals surface area contributed by atoms with E-state index in [4.69, 9.17) is 4.74 Å². The molecule has 5 aromatic carbocycles. The van der Waals surface area contributed by atoms with Crippen molar-refractivity contribution in [2.24, 2.45) is 0 Å². The zero-order valence-corrected chi connectivity index (χ0v) is 29.0. The molecule has 3 nitrogen and oxygen atoms in total. The molecular formula is C40H42NO2PS. The lowest BCUT2D eigenvalue weighted by atomic mass is 9.74. The summed E-state index contributed by atoms with van der Waals surface area (Å²) in [6.45, 7) is 12.8. The molecule has 0 saturated heterocycles. The summed E-state index contributed by atoms with van der Waals surface area (Å²) in [6.07, 6.45) is 0. The first-order valence-electron chi connectivity index (χ1n) is 15.6. The van der Waals surface area contributed by atoms with Crippen LogP contribution in [0, 0.1) is 6.92 Å². The molecule has 0 aliphatic carbocycles. The Morgan fingerprint density at radius 1 is 0.689 bits per heavy atom. The molecule has 1 heterocycles. The maximum absolute atomic E-state index is 14.0. The van der Waals surface area contributed by atoms with Gasteiger partial charge in [0.25, 0.3) is 0 Å². The maximum atomic E-state index is 14.0. The van der Waals surface area contributed by atoms with Crippen LogP contribution in [-0.2, 0) is 16.4 Å². The fourth-order valence-corrected chi connectivity index (χ4v) is 10.2. The Morgan fingerprint density at radius 3 is 1.78 bits per heavy atom. The highest BCUT2D eigenvalue weighted by Crippen LogP contribution is 2.53. The standard InChI is InChI=1S/C40H42NO2PS/c1-28-18-14-15-23-31(28)36(41(7)45(42)39(2,3)4)32-24-16-25-33-37(32)43-38-34(40(33,5)6)26-17-27-35(38)44(29-19-10-8-11-20-29)30-21-12-9-13-22-30/h8-27,36H,1-7H3/t36-,45?/m1/s1. The SMILES string of the molecule is Cc1ccccc1[C@H](c1cccc2c1Oc1c(P(c3ccccc3)c3ccccc3)cccc1C2(C)C)N(C)S(=O)C(C)(C)C. The topological polar surface area (TPSA) is 29.5 Å². The number of ether oxygens (including phenoxy) is 1. The van der Waals surface area contributed by atoms with Gasteiger partial charge in [0.1, 0.15) is 22.5 Å². The number of para-hydroxylation sites is 2. The van der Waals surface area contributed by atoms with Gasteiger partial charge in [0, 0.05) is 34.5 Å². The number of fused-ring (bicyclic) bond motifs is 2. The van der Waals surface area contributed by atoms with Crippen molar-refractivity contribution in [3.8, 4) is 11.5 Å². The number of hydrogen-bond donors (Lipinski definition) is 0. The Balaban J connectivity index is 1.58. The van der Waals surface area contributed by atoms with Gasteiger partial charge in [-0.2, -0.15) is 0 Å². The smallest absolute Gasteiger partial charge is 0.139 e. The van der Waals surface area contributed by atoms with Gasteiger partial charge in [-0.1, -0.05) is 135 Å². The van der Waals surface area contributed by atoms with Gasteiger partial charge in [-0.3, -0.25) is 0 Å². The molecule has 2 atom stereocenters. The maximum Gasteiger partial charge on any atom is 0.139 e. The van der Waals surface area contributed by atoms with Crippen molar-refractivity contribution in [3.63, 3.8) is 0 Å². The monoisotopic (exact) mass is 631 g/mol. The summed E-state index contributed by atoms with van der Waals surface area (Å²) in [5.41, 5.74) is 5.32. The fourth-order valence-electron chi connectivity index (χ4n) is 6.49. The van der Waals surface area contributed by atoms with Gasteiger partial charge in [-0.25, -0.2) is 8.51 Å². The van der Waals surface area contributed by atoms with Gasteiger partial charge in [0.2, 0.25) is 0 Å². The highest BCUT2D eigenvalue weighted by atomic mass is 32.2. The molecule has 1 aliphatic heterocycles. The number of hydrogen-bond acceptors (Lipinski definition) is 2. The van der Waals surface area contributed by atoms with Crippen LogP contribution in [0.15, 0.2) is 121 Å². The average Bonchev–Trinajstić information content (AvgIpc) is 3.03. The van der Waals surface area contributed by atoms with Gasteiger partial charge < -0.3 is 4.74 Å². The van der Waals surface area contributed by atoms with Crippen molar-refractivity contribution in [1.29, 1.82) is 0 Å². The van der Waals surface area contributed by atoms with E-state index in [-0.39, 0.29) is 11.5 Å². The van der Waals surface area contributed by atoms with Gasteiger partial charge in [-0.05, 0) is 57.4 Å². The highest BCUT2D eigenvalue weighted by molar-refractivity contribution is 7.84. The minimum Gasteiger partial charge on any atom is -0.456 e. The van der Waals surface area contributed by atoms with Crippen LogP contribution in [0.4, 0.5) is 0 Å². The van der Waals surface area contributed by atoms with Gasteiger partial charge in [0.05, 0.1) is 10.8 Å². The second-order valence-electron chi connectivity index (χ2n) is 13.3. The second kappa shape index (κ2) is 12.3. The molecule has 0 amide bonds. The van der Waals surface area contributed by atoms with E-state index in [2.05, 4.69) is 142 Å². The van der Waals surface area contributed by atoms with Crippen molar-refractivity contribution in [1.82, 2.24) is 4.31 Å². The van der Waals surface area contributed by atoms with E-state index in [9.17, 15) is 4.21 Å². The van der Waals surface area contributed by atoms with E-state index in [1.54, 1.807) is 0 Å². The predicted molar refractivity (Wildman–Crippen MR) is 192 cm³/mol. The second-order valence-corrected chi connectivity index (χ2v) is 17.8. The zero-order chi connectivity index (χ0) is 31.9. The molecule has 0 fully saturated rings. The summed E-state index contributed by atoms with van der Waals surface area (Å²) in [4.78, 5) is 0. The van der Waals surface area contributed by atoms with Crippen LogP contribution in [0.1, 0.15) is 68.5 Å². The van der Waals surface area contributed by atoms with E-state index in [0.29, 0.717) is 0 Å². The van der Waals surface area contributed by atoms with E-state index in [1.165, 1.54) is 21.5 Å². The lowest BCUT2D eigenvalue weighted by Gasteiger charge is -2.40. The molecule has 0 spiro atoms. The van der Waals surface area contributed by atoms with Crippen LogP contribution in [0.25, 0.3) is 0 Å². The van der Waals surface area contributed by atoms with Crippen LogP contribution < -0.4 is 20.7 Å². The molecule has 0 radical (unpaired) electrons. The van der Waals surface area contributed by atoms with E-state index in [0.717, 1.165) is 33.8 Å². The highest BCUT2D eigenvalue weighted by Gasteiger charge is 2.41. The van der Waals surface area contributed by atoms with Crippen molar-refractivity contribution in [3.05, 3.63) is 149 Å². The van der Waals surface area contributed by atoms with Gasteiger partial charge in [-0.15, -0.1) is 0 Å². The first-order valence-corrected chi connectivity index (χ1v) is 18.0. The van der Waals surface area contributed by atoms with Crippen molar-refractivity contribution >= 4 is 34.8 Å². The molecule has 5 aromatic rings. The summed E-state index contributed by atoms with van der Waals surface area (Å²) < 4.78 is 22.9. The Labute approximate surface area is 272 Å². The minimum absolute atomic E-state index is 0.268. The van der Waals surface area contributed by atoms with Crippen LogP contribution in [0.2, 0.25) is 0 Å². The molecule has 1 aliphatic rings. The van der Waals surface area contributed by atoms with Crippen LogP contribution >= 0.6 is 7.92 Å². The van der Waals surface area contributed by atoms with Crippen LogP contribution in [-0.4, -0.2) is 20.3 Å². The van der Waals surface area contributed by atoms with Crippen molar-refractivity contribution in [2.75, 3.05) is 7.05 Å². The van der Waals surface area contributed by atoms with Crippen molar-refractivity contribution < 1.29 is 8.95 Å². The van der Waals surface area contributed by atoms with E-state index in [1.807, 2.05) is 32.1 Å². The van der Waals surface area contributed by atoms with E-state index >= 15 is 0 Å². The quantitative estimate of drug-likeness (QED) is 0.168. The Kier molecular flexibility index (Phi) is 8.61. The molecule has 0 saturated carbocycles. The number of nitrogens with zero attached hydrogens (tertiary/aromatic N) is 1. The fraction of sp³-hybridized carbons (Fsp3) is 0.250. The Bertz CT molecular complexity index is 1810. The molecule has 230 valence electrons. The Morgan fingerprint density at radius 2 is 1.20 bits per heavy atom. The van der Waals surface area contributed by atoms with Crippen LogP contribution in [0.5, 0.6) is 11.5 Å². The van der Waals surface area contributed by atoms with Crippen LogP contribution in [0.3, 0.4) is 0 Å². The summed E-state index contributed by atoms with van der Waals surface area (Å²) in [7, 11) is -0.173. The molecule has 1 unspecified atom stereocenters. The Hall–Kier alpha value is -3.56. The predicted octanol–water partition coefficient (Wildman–Crippen LogP) is 8.67. The van der Waals surface area contributed by atoms with Crippen molar-refractivity contribution in [2.45, 2.75) is 57.7 Å². The third-order valence-electron chi connectivity index (χ3n) is 8.79. The number of rotatable bonds is 7. The molecule has 6 rings (SSSR count). The van der Waals surface area contributed by atoms with Gasteiger partial charge >= 0.3 is 0 Å². The lowest BCUT2D eigenvalue weighted by molar-refractivity contribution is 0.389. The van der Waals surface area contributed by atoms with E-state index < -0.39 is 23.7 Å². The molecule has 45 heavy (non-hydrogen) atoms.